The van der Waals surface area contributed by atoms with Crippen molar-refractivity contribution in [2.45, 2.75) is 19.4 Å². The quantitative estimate of drug-likeness (QED) is 0.550. The fourth-order valence-corrected chi connectivity index (χ4v) is 2.13. The van der Waals surface area contributed by atoms with Crippen molar-refractivity contribution in [3.63, 3.8) is 0 Å². The number of rotatable bonds is 10. The number of nitrogens with one attached hydrogen (secondary N) is 1. The maximum Gasteiger partial charge on any atom is 0.321 e. The van der Waals surface area contributed by atoms with Gasteiger partial charge >= 0.3 is 11.9 Å². The third-order valence-corrected chi connectivity index (χ3v) is 3.16. The lowest BCUT2D eigenvalue weighted by Gasteiger charge is -2.27. The number of carboxylic acid groups (broad SMARTS) is 2. The summed E-state index contributed by atoms with van der Waals surface area (Å²) < 4.78 is 0. The van der Waals surface area contributed by atoms with Gasteiger partial charge in [0.1, 0.15) is 6.04 Å². The van der Waals surface area contributed by atoms with Gasteiger partial charge in [-0.25, -0.2) is 0 Å². The first kappa shape index (κ1) is 17.1. The molecule has 1 aromatic carbocycles. The second kappa shape index (κ2) is 9.10. The van der Waals surface area contributed by atoms with Gasteiger partial charge in [0, 0.05) is 13.1 Å². The van der Waals surface area contributed by atoms with Crippen LogP contribution in [0.2, 0.25) is 0 Å². The Bertz CT molecular complexity index is 450. The molecule has 0 amide bonds. The molecule has 0 radical (unpaired) electrons. The van der Waals surface area contributed by atoms with E-state index in [1.165, 1.54) is 4.90 Å². The highest BCUT2D eigenvalue weighted by Crippen LogP contribution is 2.09. The van der Waals surface area contributed by atoms with E-state index in [0.717, 1.165) is 12.1 Å². The Hall–Kier alpha value is -1.92. The zero-order valence-electron chi connectivity index (χ0n) is 12.2. The molecule has 6 nitrogen and oxygen atoms in total. The van der Waals surface area contributed by atoms with Gasteiger partial charge in [-0.3, -0.25) is 14.5 Å². The van der Waals surface area contributed by atoms with E-state index in [2.05, 4.69) is 5.32 Å². The number of nitrogens with zero attached hydrogens (tertiary/aromatic N) is 1. The van der Waals surface area contributed by atoms with E-state index in [4.69, 9.17) is 5.11 Å². The SMILES string of the molecule is CCNCCN(CC(=O)O)C(Cc1ccccc1)C(=O)O. The van der Waals surface area contributed by atoms with Crippen LogP contribution in [0, 0.1) is 0 Å². The highest BCUT2D eigenvalue weighted by atomic mass is 16.4. The van der Waals surface area contributed by atoms with Crippen LogP contribution in [0.5, 0.6) is 0 Å². The van der Waals surface area contributed by atoms with Crippen molar-refractivity contribution < 1.29 is 19.8 Å². The van der Waals surface area contributed by atoms with Gasteiger partial charge in [-0.15, -0.1) is 0 Å². The molecule has 0 saturated carbocycles. The monoisotopic (exact) mass is 294 g/mol. The van der Waals surface area contributed by atoms with E-state index in [-0.39, 0.29) is 13.0 Å². The van der Waals surface area contributed by atoms with E-state index in [1.54, 1.807) is 0 Å². The molecule has 0 heterocycles. The smallest absolute Gasteiger partial charge is 0.321 e. The Morgan fingerprint density at radius 3 is 2.43 bits per heavy atom. The average Bonchev–Trinajstić information content (AvgIpc) is 2.44. The molecular formula is C15H22N2O4. The van der Waals surface area contributed by atoms with Gasteiger partial charge in [0.05, 0.1) is 6.54 Å². The summed E-state index contributed by atoms with van der Waals surface area (Å²) in [6.45, 7) is 3.36. The zero-order valence-corrected chi connectivity index (χ0v) is 12.2. The lowest BCUT2D eigenvalue weighted by atomic mass is 10.0. The Labute approximate surface area is 124 Å². The Morgan fingerprint density at radius 2 is 1.90 bits per heavy atom. The van der Waals surface area contributed by atoms with Gasteiger partial charge in [0.2, 0.25) is 0 Å². The summed E-state index contributed by atoms with van der Waals surface area (Å²) in [4.78, 5) is 24.0. The summed E-state index contributed by atoms with van der Waals surface area (Å²) in [5.41, 5.74) is 0.878. The maximum atomic E-state index is 11.5. The first-order valence-electron chi connectivity index (χ1n) is 6.98. The largest absolute Gasteiger partial charge is 0.480 e. The van der Waals surface area contributed by atoms with Crippen molar-refractivity contribution in [3.8, 4) is 0 Å². The van der Waals surface area contributed by atoms with Gasteiger partial charge in [0.25, 0.3) is 0 Å². The molecule has 0 saturated heterocycles. The number of carbonyl (C=O) groups is 2. The average molecular weight is 294 g/mol. The summed E-state index contributed by atoms with van der Waals surface area (Å²) in [6, 6.07) is 8.39. The van der Waals surface area contributed by atoms with Crippen LogP contribution in [0.3, 0.4) is 0 Å². The summed E-state index contributed by atoms with van der Waals surface area (Å²) >= 11 is 0. The molecule has 21 heavy (non-hydrogen) atoms. The second-order valence-electron chi connectivity index (χ2n) is 4.76. The topological polar surface area (TPSA) is 89.9 Å². The molecule has 1 rings (SSSR count). The van der Waals surface area contributed by atoms with Crippen molar-refractivity contribution >= 4 is 11.9 Å². The molecule has 6 heteroatoms. The van der Waals surface area contributed by atoms with Crippen LogP contribution in [-0.4, -0.2) is 59.3 Å². The summed E-state index contributed by atoms with van der Waals surface area (Å²) in [5, 5.41) is 21.5. The lowest BCUT2D eigenvalue weighted by molar-refractivity contribution is -0.146. The van der Waals surface area contributed by atoms with E-state index >= 15 is 0 Å². The van der Waals surface area contributed by atoms with Crippen LogP contribution in [0.15, 0.2) is 30.3 Å². The third-order valence-electron chi connectivity index (χ3n) is 3.16. The molecule has 0 aliphatic carbocycles. The fourth-order valence-electron chi connectivity index (χ4n) is 2.13. The number of hydrogen-bond acceptors (Lipinski definition) is 4. The van der Waals surface area contributed by atoms with Crippen LogP contribution in [0.25, 0.3) is 0 Å². The minimum Gasteiger partial charge on any atom is -0.480 e. The van der Waals surface area contributed by atoms with Crippen LogP contribution < -0.4 is 5.32 Å². The predicted octanol–water partition coefficient (Wildman–Crippen LogP) is 0.678. The standard InChI is InChI=1S/C15H22N2O4/c1-2-16-8-9-17(11-14(18)19)13(15(20)21)10-12-6-4-3-5-7-12/h3-7,13,16H,2,8-11H2,1H3,(H,18,19)(H,20,21). The summed E-state index contributed by atoms with van der Waals surface area (Å²) in [6.07, 6.45) is 0.287. The Kier molecular flexibility index (Phi) is 7.42. The molecule has 0 aromatic heterocycles. The lowest BCUT2D eigenvalue weighted by Crippen LogP contribution is -2.47. The predicted molar refractivity (Wildman–Crippen MR) is 79.3 cm³/mol. The minimum atomic E-state index is -1.02. The molecule has 0 fully saturated rings. The number of benzene rings is 1. The molecule has 0 bridgehead atoms. The number of carboxylic acids is 2. The minimum absolute atomic E-state index is 0.283. The normalized spacial score (nSPS) is 12.3. The second-order valence-corrected chi connectivity index (χ2v) is 4.76. The Balaban J connectivity index is 2.80. The van der Waals surface area contributed by atoms with Gasteiger partial charge in [0.15, 0.2) is 0 Å². The molecule has 0 spiro atoms. The molecule has 1 unspecified atom stereocenters. The molecule has 0 aliphatic heterocycles. The number of hydrogen-bond donors (Lipinski definition) is 3. The third kappa shape index (κ3) is 6.37. The summed E-state index contributed by atoms with van der Waals surface area (Å²) in [7, 11) is 0. The summed E-state index contributed by atoms with van der Waals surface area (Å²) in [5.74, 6) is -2.03. The van der Waals surface area contributed by atoms with Gasteiger partial charge in [-0.1, -0.05) is 37.3 Å². The molecule has 0 aliphatic rings. The zero-order chi connectivity index (χ0) is 15.7. The van der Waals surface area contributed by atoms with Crippen molar-refractivity contribution in [1.29, 1.82) is 0 Å². The molecule has 3 N–H and O–H groups in total. The highest BCUT2D eigenvalue weighted by Gasteiger charge is 2.27. The van der Waals surface area contributed by atoms with E-state index in [1.807, 2.05) is 37.3 Å². The van der Waals surface area contributed by atoms with Crippen LogP contribution >= 0.6 is 0 Å². The van der Waals surface area contributed by atoms with E-state index in [9.17, 15) is 14.7 Å². The van der Waals surface area contributed by atoms with Crippen molar-refractivity contribution in [1.82, 2.24) is 10.2 Å². The number of likely N-dealkylation sites (N-methyl/N-ethyl adjacent to an activating group) is 1. The van der Waals surface area contributed by atoms with Crippen molar-refractivity contribution in [2.75, 3.05) is 26.2 Å². The molecule has 1 aromatic rings. The molecule has 116 valence electrons. The highest BCUT2D eigenvalue weighted by molar-refractivity contribution is 5.76. The van der Waals surface area contributed by atoms with E-state index < -0.39 is 18.0 Å². The van der Waals surface area contributed by atoms with Gasteiger partial charge < -0.3 is 15.5 Å². The van der Waals surface area contributed by atoms with Gasteiger partial charge in [-0.05, 0) is 18.5 Å². The molecule has 1 atom stereocenters. The first-order chi connectivity index (χ1) is 10.0. The fraction of sp³-hybridized carbons (Fsp3) is 0.467. The molecular weight excluding hydrogens is 272 g/mol. The number of aliphatic carboxylic acids is 2. The van der Waals surface area contributed by atoms with Crippen LogP contribution in [0.1, 0.15) is 12.5 Å². The van der Waals surface area contributed by atoms with Crippen molar-refractivity contribution in [3.05, 3.63) is 35.9 Å². The van der Waals surface area contributed by atoms with Crippen LogP contribution in [0.4, 0.5) is 0 Å². The Morgan fingerprint density at radius 1 is 1.24 bits per heavy atom. The van der Waals surface area contributed by atoms with Crippen LogP contribution in [-0.2, 0) is 16.0 Å². The van der Waals surface area contributed by atoms with Gasteiger partial charge in [-0.2, -0.15) is 0 Å². The first-order valence-corrected chi connectivity index (χ1v) is 6.98. The van der Waals surface area contributed by atoms with Crippen molar-refractivity contribution in [2.24, 2.45) is 0 Å². The van der Waals surface area contributed by atoms with E-state index in [0.29, 0.717) is 13.1 Å². The maximum absolute atomic E-state index is 11.5.